The van der Waals surface area contributed by atoms with Crippen LogP contribution in [0.4, 0.5) is 0 Å². The first kappa shape index (κ1) is 14.9. The molecule has 0 aliphatic carbocycles. The molecule has 0 aromatic heterocycles. The molecular formula is C17H20ClNO. The van der Waals surface area contributed by atoms with E-state index in [2.05, 4.69) is 31.3 Å². The molecule has 0 spiro atoms. The Kier molecular flexibility index (Phi) is 5.05. The predicted molar refractivity (Wildman–Crippen MR) is 84.0 cm³/mol. The first-order valence-corrected chi connectivity index (χ1v) is 7.21. The summed E-state index contributed by atoms with van der Waals surface area (Å²) >= 11 is 5.97. The minimum Gasteiger partial charge on any atom is -0.508 e. The molecule has 3 heteroatoms. The molecule has 2 aromatic rings. The van der Waals surface area contributed by atoms with Gasteiger partial charge < -0.3 is 10.4 Å². The first-order valence-electron chi connectivity index (χ1n) is 6.83. The van der Waals surface area contributed by atoms with Crippen molar-refractivity contribution in [2.24, 2.45) is 5.92 Å². The van der Waals surface area contributed by atoms with Crippen molar-refractivity contribution >= 4 is 11.6 Å². The molecule has 0 amide bonds. The topological polar surface area (TPSA) is 32.3 Å². The molecule has 0 bridgehead atoms. The molecule has 2 aromatic carbocycles. The second-order valence-electron chi connectivity index (χ2n) is 5.29. The molecule has 2 nitrogen and oxygen atoms in total. The molecule has 0 heterocycles. The minimum absolute atomic E-state index is 0.245. The van der Waals surface area contributed by atoms with Crippen molar-refractivity contribution in [1.29, 1.82) is 0 Å². The zero-order valence-corrected chi connectivity index (χ0v) is 12.6. The second kappa shape index (κ2) is 6.78. The summed E-state index contributed by atoms with van der Waals surface area (Å²) in [4.78, 5) is 0. The number of aromatic hydroxyl groups is 1. The van der Waals surface area contributed by atoms with Crippen LogP contribution < -0.4 is 5.32 Å². The lowest BCUT2D eigenvalue weighted by Gasteiger charge is -2.23. The van der Waals surface area contributed by atoms with Crippen LogP contribution in [-0.4, -0.2) is 5.11 Å². The SMILES string of the molecule is CC(C)C(NCc1cc(Cl)ccc1O)c1ccccc1. The lowest BCUT2D eigenvalue weighted by molar-refractivity contribution is 0.402. The third-order valence-electron chi connectivity index (χ3n) is 3.38. The van der Waals surface area contributed by atoms with E-state index in [0.717, 1.165) is 5.56 Å². The second-order valence-corrected chi connectivity index (χ2v) is 5.72. The van der Waals surface area contributed by atoms with Gasteiger partial charge in [-0.1, -0.05) is 55.8 Å². The summed E-state index contributed by atoms with van der Waals surface area (Å²) in [6.07, 6.45) is 0. The average Bonchev–Trinajstić information content (AvgIpc) is 2.43. The van der Waals surface area contributed by atoms with Crippen LogP contribution in [0.25, 0.3) is 0 Å². The number of phenolic OH excluding ortho intramolecular Hbond substituents is 1. The van der Waals surface area contributed by atoms with Gasteiger partial charge in [0.05, 0.1) is 0 Å². The Morgan fingerprint density at radius 1 is 1.10 bits per heavy atom. The van der Waals surface area contributed by atoms with Gasteiger partial charge in [-0.25, -0.2) is 0 Å². The minimum atomic E-state index is 0.245. The van der Waals surface area contributed by atoms with E-state index >= 15 is 0 Å². The Labute approximate surface area is 125 Å². The highest BCUT2D eigenvalue weighted by Crippen LogP contribution is 2.25. The van der Waals surface area contributed by atoms with Crippen molar-refractivity contribution in [3.05, 3.63) is 64.7 Å². The Balaban J connectivity index is 2.12. The van der Waals surface area contributed by atoms with Gasteiger partial charge >= 0.3 is 0 Å². The fourth-order valence-corrected chi connectivity index (χ4v) is 2.51. The van der Waals surface area contributed by atoms with Crippen molar-refractivity contribution in [2.45, 2.75) is 26.4 Å². The molecule has 0 aliphatic rings. The first-order chi connectivity index (χ1) is 9.58. The van der Waals surface area contributed by atoms with E-state index in [4.69, 9.17) is 11.6 Å². The Morgan fingerprint density at radius 3 is 2.45 bits per heavy atom. The molecule has 0 radical (unpaired) electrons. The average molecular weight is 290 g/mol. The van der Waals surface area contributed by atoms with Gasteiger partial charge in [-0.2, -0.15) is 0 Å². The molecule has 0 fully saturated rings. The summed E-state index contributed by atoms with van der Waals surface area (Å²) in [5.74, 6) is 0.733. The number of halogens is 1. The van der Waals surface area contributed by atoms with Gasteiger partial charge in [0.1, 0.15) is 5.75 Å². The van der Waals surface area contributed by atoms with Crippen LogP contribution in [-0.2, 0) is 6.54 Å². The lowest BCUT2D eigenvalue weighted by atomic mass is 9.96. The van der Waals surface area contributed by atoms with Gasteiger partial charge in [0, 0.05) is 23.2 Å². The van der Waals surface area contributed by atoms with E-state index in [1.807, 2.05) is 18.2 Å². The van der Waals surface area contributed by atoms with Crippen molar-refractivity contribution in [3.8, 4) is 5.75 Å². The maximum Gasteiger partial charge on any atom is 0.120 e. The molecule has 2 N–H and O–H groups in total. The van der Waals surface area contributed by atoms with Crippen LogP contribution in [0.15, 0.2) is 48.5 Å². The summed E-state index contributed by atoms with van der Waals surface area (Å²) in [5.41, 5.74) is 2.07. The van der Waals surface area contributed by atoms with Crippen molar-refractivity contribution < 1.29 is 5.11 Å². The largest absolute Gasteiger partial charge is 0.508 e. The number of hydrogen-bond donors (Lipinski definition) is 2. The highest BCUT2D eigenvalue weighted by Gasteiger charge is 2.15. The van der Waals surface area contributed by atoms with Crippen molar-refractivity contribution in [3.63, 3.8) is 0 Å². The fraction of sp³-hybridized carbons (Fsp3) is 0.294. The van der Waals surface area contributed by atoms with E-state index in [1.165, 1.54) is 5.56 Å². The lowest BCUT2D eigenvalue weighted by Crippen LogP contribution is -2.25. The number of rotatable bonds is 5. The molecule has 1 unspecified atom stereocenters. The molecule has 106 valence electrons. The highest BCUT2D eigenvalue weighted by atomic mass is 35.5. The quantitative estimate of drug-likeness (QED) is 0.847. The summed E-state index contributed by atoms with van der Waals surface area (Å²) in [7, 11) is 0. The van der Waals surface area contributed by atoms with E-state index in [0.29, 0.717) is 17.5 Å². The Bertz CT molecular complexity index is 554. The molecule has 20 heavy (non-hydrogen) atoms. The number of phenols is 1. The van der Waals surface area contributed by atoms with Gasteiger partial charge in [-0.3, -0.25) is 0 Å². The monoisotopic (exact) mass is 289 g/mol. The molecular weight excluding hydrogens is 270 g/mol. The van der Waals surface area contributed by atoms with Crippen LogP contribution >= 0.6 is 11.6 Å². The van der Waals surface area contributed by atoms with Crippen LogP contribution in [0.2, 0.25) is 5.02 Å². The van der Waals surface area contributed by atoms with Crippen LogP contribution in [0.5, 0.6) is 5.75 Å². The van der Waals surface area contributed by atoms with E-state index in [-0.39, 0.29) is 11.8 Å². The summed E-state index contributed by atoms with van der Waals surface area (Å²) < 4.78 is 0. The van der Waals surface area contributed by atoms with Gasteiger partial charge in [-0.15, -0.1) is 0 Å². The zero-order chi connectivity index (χ0) is 14.5. The third kappa shape index (κ3) is 3.75. The summed E-state index contributed by atoms with van der Waals surface area (Å²) in [6, 6.07) is 15.7. The van der Waals surface area contributed by atoms with E-state index in [1.54, 1.807) is 18.2 Å². The van der Waals surface area contributed by atoms with Crippen molar-refractivity contribution in [1.82, 2.24) is 5.32 Å². The van der Waals surface area contributed by atoms with Crippen molar-refractivity contribution in [2.75, 3.05) is 0 Å². The number of nitrogens with one attached hydrogen (secondary N) is 1. The molecule has 0 saturated heterocycles. The Hall–Kier alpha value is -1.51. The van der Waals surface area contributed by atoms with Gasteiger partial charge in [0.15, 0.2) is 0 Å². The standard InChI is InChI=1S/C17H20ClNO/c1-12(2)17(13-6-4-3-5-7-13)19-11-14-10-15(18)8-9-16(14)20/h3-10,12,17,19-20H,11H2,1-2H3. The maximum absolute atomic E-state index is 9.86. The Morgan fingerprint density at radius 2 is 1.80 bits per heavy atom. The summed E-state index contributed by atoms with van der Waals surface area (Å²) in [5, 5.41) is 14.0. The normalized spacial score (nSPS) is 12.6. The third-order valence-corrected chi connectivity index (χ3v) is 3.61. The van der Waals surface area contributed by atoms with Crippen LogP contribution in [0, 0.1) is 5.92 Å². The van der Waals surface area contributed by atoms with Gasteiger partial charge in [0.2, 0.25) is 0 Å². The van der Waals surface area contributed by atoms with Crippen LogP contribution in [0.3, 0.4) is 0 Å². The van der Waals surface area contributed by atoms with E-state index < -0.39 is 0 Å². The van der Waals surface area contributed by atoms with Crippen LogP contribution in [0.1, 0.15) is 31.0 Å². The number of benzene rings is 2. The van der Waals surface area contributed by atoms with Gasteiger partial charge in [0.25, 0.3) is 0 Å². The molecule has 0 saturated carbocycles. The van der Waals surface area contributed by atoms with E-state index in [9.17, 15) is 5.11 Å². The molecule has 0 aliphatic heterocycles. The molecule has 2 rings (SSSR count). The number of hydrogen-bond acceptors (Lipinski definition) is 2. The molecule has 1 atom stereocenters. The summed E-state index contributed by atoms with van der Waals surface area (Å²) in [6.45, 7) is 4.95. The smallest absolute Gasteiger partial charge is 0.120 e. The fourth-order valence-electron chi connectivity index (χ4n) is 2.31. The maximum atomic E-state index is 9.86. The zero-order valence-electron chi connectivity index (χ0n) is 11.8. The highest BCUT2D eigenvalue weighted by molar-refractivity contribution is 6.30. The predicted octanol–water partition coefficient (Wildman–Crippen LogP) is 4.53. The van der Waals surface area contributed by atoms with Gasteiger partial charge in [-0.05, 0) is 29.7 Å².